The third kappa shape index (κ3) is 3.66. The van der Waals surface area contributed by atoms with Gasteiger partial charge in [0.25, 0.3) is 0 Å². The van der Waals surface area contributed by atoms with Crippen LogP contribution in [0.15, 0.2) is 68.7 Å². The number of ether oxygens (including phenoxy) is 1. The van der Waals surface area contributed by atoms with Crippen LogP contribution in [0, 0.1) is 0 Å². The van der Waals surface area contributed by atoms with E-state index in [0.29, 0.717) is 22.6 Å². The number of hydrogen-bond donors (Lipinski definition) is 1. The molecule has 0 aliphatic rings. The van der Waals surface area contributed by atoms with E-state index in [0.717, 1.165) is 0 Å². The Bertz CT molecular complexity index is 909. The molecule has 0 bridgehead atoms. The Morgan fingerprint density at radius 2 is 1.96 bits per heavy atom. The lowest BCUT2D eigenvalue weighted by Gasteiger charge is -2.04. The molecule has 0 fully saturated rings. The molecule has 1 aromatic carbocycles. The molecule has 0 radical (unpaired) electrons. The highest BCUT2D eigenvalue weighted by Crippen LogP contribution is 2.25. The number of benzene rings is 1. The van der Waals surface area contributed by atoms with Crippen LogP contribution < -0.4 is 5.43 Å². The summed E-state index contributed by atoms with van der Waals surface area (Å²) in [4.78, 5) is 23.5. The van der Waals surface area contributed by atoms with Crippen LogP contribution in [0.1, 0.15) is 26.7 Å². The molecule has 7 nitrogen and oxygen atoms in total. The van der Waals surface area contributed by atoms with Crippen LogP contribution in [0.3, 0.4) is 0 Å². The zero-order chi connectivity index (χ0) is 17.6. The number of esters is 1. The molecule has 2 aromatic heterocycles. The number of amides is 1. The van der Waals surface area contributed by atoms with Gasteiger partial charge in [-0.1, -0.05) is 18.2 Å². The highest BCUT2D eigenvalue weighted by atomic mass is 16.5. The van der Waals surface area contributed by atoms with Crippen molar-refractivity contribution in [3.8, 4) is 11.3 Å². The predicted molar refractivity (Wildman–Crippen MR) is 89.3 cm³/mol. The summed E-state index contributed by atoms with van der Waals surface area (Å²) in [5, 5.41) is 3.81. The Morgan fingerprint density at radius 3 is 2.72 bits per heavy atom. The lowest BCUT2D eigenvalue weighted by Crippen LogP contribution is -2.16. The molecule has 2 heterocycles. The third-order valence-corrected chi connectivity index (χ3v) is 3.33. The van der Waals surface area contributed by atoms with E-state index in [-0.39, 0.29) is 5.76 Å². The van der Waals surface area contributed by atoms with Gasteiger partial charge < -0.3 is 13.6 Å². The molecule has 1 amide bonds. The van der Waals surface area contributed by atoms with Gasteiger partial charge >= 0.3 is 11.9 Å². The SMILES string of the molecule is COC(=O)c1ccccc1-c1ccc(/C=N/NC(=O)c2ccco2)o1. The molecule has 7 heteroatoms. The fraction of sp³-hybridized carbons (Fsp3) is 0.0556. The molecule has 126 valence electrons. The number of nitrogens with zero attached hydrogens (tertiary/aromatic N) is 1. The van der Waals surface area contributed by atoms with Crippen molar-refractivity contribution >= 4 is 18.1 Å². The van der Waals surface area contributed by atoms with Gasteiger partial charge in [0, 0.05) is 5.56 Å². The number of hydrazone groups is 1. The zero-order valence-corrected chi connectivity index (χ0v) is 13.3. The maximum atomic E-state index is 11.8. The monoisotopic (exact) mass is 338 g/mol. The van der Waals surface area contributed by atoms with Gasteiger partial charge in [-0.15, -0.1) is 0 Å². The number of methoxy groups -OCH3 is 1. The number of furan rings is 2. The zero-order valence-electron chi connectivity index (χ0n) is 13.3. The van der Waals surface area contributed by atoms with Gasteiger partial charge in [0.15, 0.2) is 5.76 Å². The molecule has 0 saturated carbocycles. The van der Waals surface area contributed by atoms with Gasteiger partial charge in [0.2, 0.25) is 0 Å². The number of carbonyl (C=O) groups is 2. The van der Waals surface area contributed by atoms with Crippen LogP contribution >= 0.6 is 0 Å². The van der Waals surface area contributed by atoms with Crippen LogP contribution in [-0.4, -0.2) is 25.2 Å². The molecule has 3 aromatic rings. The van der Waals surface area contributed by atoms with Crippen LogP contribution in [0.2, 0.25) is 0 Å². The van der Waals surface area contributed by atoms with E-state index < -0.39 is 11.9 Å². The summed E-state index contributed by atoms with van der Waals surface area (Å²) in [5.41, 5.74) is 3.33. The van der Waals surface area contributed by atoms with Crippen molar-refractivity contribution in [3.63, 3.8) is 0 Å². The summed E-state index contributed by atoms with van der Waals surface area (Å²) < 4.78 is 15.4. The predicted octanol–water partition coefficient (Wildman–Crippen LogP) is 3.09. The third-order valence-electron chi connectivity index (χ3n) is 3.33. The van der Waals surface area contributed by atoms with Crippen LogP contribution in [0.4, 0.5) is 0 Å². The first-order chi connectivity index (χ1) is 12.2. The topological polar surface area (TPSA) is 94.0 Å². The quantitative estimate of drug-likeness (QED) is 0.438. The number of hydrogen-bond acceptors (Lipinski definition) is 6. The number of rotatable bonds is 5. The second-order valence-electron chi connectivity index (χ2n) is 4.92. The maximum absolute atomic E-state index is 11.8. The van der Waals surface area contributed by atoms with Crippen molar-refractivity contribution in [2.24, 2.45) is 5.10 Å². The molecular weight excluding hydrogens is 324 g/mol. The molecule has 0 atom stereocenters. The average molecular weight is 338 g/mol. The van der Waals surface area contributed by atoms with Gasteiger partial charge in [-0.05, 0) is 30.3 Å². The normalized spacial score (nSPS) is 10.8. The van der Waals surface area contributed by atoms with Crippen molar-refractivity contribution in [1.29, 1.82) is 0 Å². The fourth-order valence-corrected chi connectivity index (χ4v) is 2.17. The molecule has 0 saturated heterocycles. The Balaban J connectivity index is 1.74. The summed E-state index contributed by atoms with van der Waals surface area (Å²) in [7, 11) is 1.32. The second kappa shape index (κ2) is 7.31. The van der Waals surface area contributed by atoms with Gasteiger partial charge in [-0.3, -0.25) is 4.79 Å². The van der Waals surface area contributed by atoms with Gasteiger partial charge in [-0.25, -0.2) is 10.2 Å². The lowest BCUT2D eigenvalue weighted by atomic mass is 10.1. The minimum absolute atomic E-state index is 0.157. The summed E-state index contributed by atoms with van der Waals surface area (Å²) in [6.07, 6.45) is 2.75. The minimum Gasteiger partial charge on any atom is -0.465 e. The van der Waals surface area contributed by atoms with E-state index in [1.807, 2.05) is 0 Å². The summed E-state index contributed by atoms with van der Waals surface area (Å²) in [5.74, 6) is 0.135. The van der Waals surface area contributed by atoms with Crippen molar-refractivity contribution in [2.75, 3.05) is 7.11 Å². The van der Waals surface area contributed by atoms with Crippen molar-refractivity contribution in [3.05, 3.63) is 71.9 Å². The van der Waals surface area contributed by atoms with E-state index in [2.05, 4.69) is 10.5 Å². The van der Waals surface area contributed by atoms with Crippen LogP contribution in [0.25, 0.3) is 11.3 Å². The standard InChI is InChI=1S/C18H14N2O5/c1-23-18(22)14-6-3-2-5-13(14)15-9-8-12(25-15)11-19-20-17(21)16-7-4-10-24-16/h2-11H,1H3,(H,20,21)/b19-11+. The highest BCUT2D eigenvalue weighted by Gasteiger charge is 2.15. The molecule has 0 spiro atoms. The molecular formula is C18H14N2O5. The van der Waals surface area contributed by atoms with E-state index >= 15 is 0 Å². The molecule has 0 aliphatic carbocycles. The van der Waals surface area contributed by atoms with Crippen molar-refractivity contribution in [2.45, 2.75) is 0 Å². The molecule has 0 unspecified atom stereocenters. The summed E-state index contributed by atoms with van der Waals surface area (Å²) in [6, 6.07) is 13.5. The smallest absolute Gasteiger partial charge is 0.338 e. The summed E-state index contributed by atoms with van der Waals surface area (Å²) in [6.45, 7) is 0. The van der Waals surface area contributed by atoms with E-state index in [1.165, 1.54) is 25.7 Å². The Morgan fingerprint density at radius 1 is 1.12 bits per heavy atom. The van der Waals surface area contributed by atoms with Gasteiger partial charge in [0.05, 0.1) is 25.2 Å². The van der Waals surface area contributed by atoms with E-state index in [9.17, 15) is 9.59 Å². The lowest BCUT2D eigenvalue weighted by molar-refractivity contribution is 0.0601. The van der Waals surface area contributed by atoms with Crippen LogP contribution in [-0.2, 0) is 4.74 Å². The van der Waals surface area contributed by atoms with E-state index in [4.69, 9.17) is 13.6 Å². The first-order valence-corrected chi connectivity index (χ1v) is 7.33. The van der Waals surface area contributed by atoms with E-state index in [1.54, 1.807) is 42.5 Å². The average Bonchev–Trinajstić information content (AvgIpc) is 3.33. The minimum atomic E-state index is -0.468. The summed E-state index contributed by atoms with van der Waals surface area (Å²) >= 11 is 0. The van der Waals surface area contributed by atoms with Gasteiger partial charge in [-0.2, -0.15) is 5.10 Å². The molecule has 25 heavy (non-hydrogen) atoms. The number of carbonyl (C=O) groups excluding carboxylic acids is 2. The first kappa shape index (κ1) is 16.3. The Kier molecular flexibility index (Phi) is 4.75. The fourth-order valence-electron chi connectivity index (χ4n) is 2.17. The van der Waals surface area contributed by atoms with Crippen LogP contribution in [0.5, 0.6) is 0 Å². The molecule has 0 aliphatic heterocycles. The molecule has 3 rings (SSSR count). The van der Waals surface area contributed by atoms with Crippen molar-refractivity contribution in [1.82, 2.24) is 5.43 Å². The molecule has 1 N–H and O–H groups in total. The largest absolute Gasteiger partial charge is 0.465 e. The van der Waals surface area contributed by atoms with Gasteiger partial charge in [0.1, 0.15) is 11.5 Å². The first-order valence-electron chi connectivity index (χ1n) is 7.33. The highest BCUT2D eigenvalue weighted by molar-refractivity contribution is 5.96. The maximum Gasteiger partial charge on any atom is 0.338 e. The second-order valence-corrected chi connectivity index (χ2v) is 4.92. The van der Waals surface area contributed by atoms with Crippen molar-refractivity contribution < 1.29 is 23.2 Å². The number of nitrogens with one attached hydrogen (secondary N) is 1. The Labute approximate surface area is 142 Å². The Hall–Kier alpha value is -3.61.